The molecule has 0 amide bonds. The summed E-state index contributed by atoms with van der Waals surface area (Å²) in [5, 5.41) is 11.5. The van der Waals surface area contributed by atoms with Crippen LogP contribution >= 0.6 is 0 Å². The van der Waals surface area contributed by atoms with Crippen LogP contribution in [0.2, 0.25) is 0 Å². The van der Waals surface area contributed by atoms with Crippen LogP contribution in [-0.4, -0.2) is 35.6 Å². The van der Waals surface area contributed by atoms with Crippen LogP contribution < -0.4 is 5.73 Å². The van der Waals surface area contributed by atoms with E-state index in [1.807, 2.05) is 0 Å². The van der Waals surface area contributed by atoms with Gasteiger partial charge in [-0.2, -0.15) is 0 Å². The van der Waals surface area contributed by atoms with E-state index >= 15 is 0 Å². The van der Waals surface area contributed by atoms with E-state index in [1.165, 1.54) is 64.2 Å². The molecule has 0 saturated carbocycles. The first kappa shape index (κ1) is 20.2. The number of hydrogen-bond donors (Lipinski definition) is 2. The number of oxime groups is 1. The van der Waals surface area contributed by atoms with Gasteiger partial charge in [0.1, 0.15) is 5.84 Å². The van der Waals surface area contributed by atoms with E-state index in [2.05, 4.69) is 23.9 Å². The van der Waals surface area contributed by atoms with Crippen LogP contribution in [-0.2, 0) is 0 Å². The van der Waals surface area contributed by atoms with Crippen LogP contribution in [0.25, 0.3) is 0 Å². The maximum Gasteiger partial charge on any atom is 0.140 e. The fourth-order valence-corrected chi connectivity index (χ4v) is 2.57. The minimum absolute atomic E-state index is 0.330. The van der Waals surface area contributed by atoms with Gasteiger partial charge in [0, 0.05) is 13.0 Å². The average Bonchev–Trinajstić information content (AvgIpc) is 2.51. The first-order chi connectivity index (χ1) is 10.2. The molecule has 21 heavy (non-hydrogen) atoms. The standard InChI is InChI=1S/C17H37N3O/c1-3-5-6-7-8-9-10-11-12-13-15-20(4-2)16-14-17(18)19-21/h21H,3-16H2,1-2H3,(H2,18,19). The van der Waals surface area contributed by atoms with Crippen molar-refractivity contribution in [3.8, 4) is 0 Å². The Labute approximate surface area is 131 Å². The molecule has 0 bridgehead atoms. The molecule has 0 saturated heterocycles. The largest absolute Gasteiger partial charge is 0.409 e. The van der Waals surface area contributed by atoms with Gasteiger partial charge in [-0.25, -0.2) is 0 Å². The summed E-state index contributed by atoms with van der Waals surface area (Å²) in [5.41, 5.74) is 5.50. The molecule has 0 atom stereocenters. The van der Waals surface area contributed by atoms with Crippen molar-refractivity contribution in [3.05, 3.63) is 0 Å². The highest BCUT2D eigenvalue weighted by molar-refractivity contribution is 5.79. The smallest absolute Gasteiger partial charge is 0.140 e. The SMILES string of the molecule is CCCCCCCCCCCCN(CC)CCC(N)=NO. The molecule has 0 radical (unpaired) electrons. The Morgan fingerprint density at radius 3 is 1.86 bits per heavy atom. The third kappa shape index (κ3) is 13.9. The first-order valence-corrected chi connectivity index (χ1v) is 8.93. The predicted molar refractivity (Wildman–Crippen MR) is 92.0 cm³/mol. The van der Waals surface area contributed by atoms with Crippen molar-refractivity contribution in [2.45, 2.75) is 84.5 Å². The van der Waals surface area contributed by atoms with Crippen LogP contribution in [0, 0.1) is 0 Å². The molecule has 3 N–H and O–H groups in total. The van der Waals surface area contributed by atoms with Crippen LogP contribution in [0.15, 0.2) is 5.16 Å². The molecular weight excluding hydrogens is 262 g/mol. The monoisotopic (exact) mass is 299 g/mol. The molecule has 0 spiro atoms. The van der Waals surface area contributed by atoms with Crippen molar-refractivity contribution in [3.63, 3.8) is 0 Å². The van der Waals surface area contributed by atoms with Crippen molar-refractivity contribution in [2.24, 2.45) is 10.9 Å². The Morgan fingerprint density at radius 2 is 1.38 bits per heavy atom. The highest BCUT2D eigenvalue weighted by Crippen LogP contribution is 2.10. The van der Waals surface area contributed by atoms with E-state index in [4.69, 9.17) is 10.9 Å². The van der Waals surface area contributed by atoms with Gasteiger partial charge in [0.2, 0.25) is 0 Å². The quantitative estimate of drug-likeness (QED) is 0.155. The summed E-state index contributed by atoms with van der Waals surface area (Å²) < 4.78 is 0. The zero-order chi connectivity index (χ0) is 15.8. The van der Waals surface area contributed by atoms with Gasteiger partial charge in [-0.1, -0.05) is 76.8 Å². The molecule has 0 fully saturated rings. The highest BCUT2D eigenvalue weighted by Gasteiger charge is 2.03. The van der Waals surface area contributed by atoms with E-state index in [-0.39, 0.29) is 0 Å². The predicted octanol–water partition coefficient (Wildman–Crippen LogP) is 4.37. The van der Waals surface area contributed by atoms with Gasteiger partial charge in [-0.3, -0.25) is 0 Å². The summed E-state index contributed by atoms with van der Waals surface area (Å²) in [4.78, 5) is 2.38. The molecule has 0 aliphatic carbocycles. The van der Waals surface area contributed by atoms with Gasteiger partial charge >= 0.3 is 0 Å². The van der Waals surface area contributed by atoms with Gasteiger partial charge in [0.05, 0.1) is 0 Å². The third-order valence-electron chi connectivity index (χ3n) is 4.09. The molecule has 0 aromatic rings. The summed E-state index contributed by atoms with van der Waals surface area (Å²) in [7, 11) is 0. The molecule has 4 nitrogen and oxygen atoms in total. The normalized spacial score (nSPS) is 12.2. The molecule has 0 aliphatic heterocycles. The van der Waals surface area contributed by atoms with Crippen LogP contribution in [0.3, 0.4) is 0 Å². The molecule has 0 aromatic carbocycles. The first-order valence-electron chi connectivity index (χ1n) is 8.93. The van der Waals surface area contributed by atoms with Crippen molar-refractivity contribution >= 4 is 5.84 Å². The third-order valence-corrected chi connectivity index (χ3v) is 4.09. The molecule has 4 heteroatoms. The summed E-state index contributed by atoms with van der Waals surface area (Å²) >= 11 is 0. The maximum absolute atomic E-state index is 8.53. The highest BCUT2D eigenvalue weighted by atomic mass is 16.4. The second-order valence-electron chi connectivity index (χ2n) is 5.96. The topological polar surface area (TPSA) is 61.8 Å². The van der Waals surface area contributed by atoms with E-state index in [0.717, 1.165) is 19.6 Å². The number of hydrogen-bond acceptors (Lipinski definition) is 3. The van der Waals surface area contributed by atoms with E-state index in [1.54, 1.807) is 0 Å². The summed E-state index contributed by atoms with van der Waals surface area (Å²) in [6, 6.07) is 0. The fourth-order valence-electron chi connectivity index (χ4n) is 2.57. The Hall–Kier alpha value is -0.770. The number of nitrogens with two attached hydrogens (primary N) is 1. The molecular formula is C17H37N3O. The molecule has 0 aliphatic rings. The van der Waals surface area contributed by atoms with Crippen molar-refractivity contribution in [1.29, 1.82) is 0 Å². The number of unbranched alkanes of at least 4 members (excludes halogenated alkanes) is 9. The minimum Gasteiger partial charge on any atom is -0.409 e. The summed E-state index contributed by atoms with van der Waals surface area (Å²) in [6.07, 6.45) is 14.4. The Bertz CT molecular complexity index is 244. The number of rotatable bonds is 15. The number of amidine groups is 1. The molecule has 0 unspecified atom stereocenters. The Balaban J connectivity index is 3.35. The van der Waals surface area contributed by atoms with Gasteiger partial charge in [-0.15, -0.1) is 0 Å². The van der Waals surface area contributed by atoms with Crippen molar-refractivity contribution in [1.82, 2.24) is 4.90 Å². The van der Waals surface area contributed by atoms with Crippen LogP contribution in [0.4, 0.5) is 0 Å². The van der Waals surface area contributed by atoms with E-state index in [9.17, 15) is 0 Å². The second-order valence-corrected chi connectivity index (χ2v) is 5.96. The van der Waals surface area contributed by atoms with Crippen molar-refractivity contribution in [2.75, 3.05) is 19.6 Å². The van der Waals surface area contributed by atoms with E-state index < -0.39 is 0 Å². The maximum atomic E-state index is 8.53. The zero-order valence-corrected chi connectivity index (χ0v) is 14.3. The van der Waals surface area contributed by atoms with Gasteiger partial charge in [0.25, 0.3) is 0 Å². The number of nitrogens with zero attached hydrogens (tertiary/aromatic N) is 2. The lowest BCUT2D eigenvalue weighted by Crippen LogP contribution is -2.29. The fraction of sp³-hybridized carbons (Fsp3) is 0.941. The summed E-state index contributed by atoms with van der Waals surface area (Å²) in [5.74, 6) is 0.330. The molecule has 0 aromatic heterocycles. The molecule has 0 rings (SSSR count). The second kappa shape index (κ2) is 15.6. The Morgan fingerprint density at radius 1 is 0.857 bits per heavy atom. The molecule has 126 valence electrons. The lowest BCUT2D eigenvalue weighted by molar-refractivity contribution is 0.283. The van der Waals surface area contributed by atoms with Crippen LogP contribution in [0.5, 0.6) is 0 Å². The van der Waals surface area contributed by atoms with Gasteiger partial charge in [-0.05, 0) is 19.5 Å². The summed E-state index contributed by atoms with van der Waals surface area (Å²) in [6.45, 7) is 7.50. The van der Waals surface area contributed by atoms with Gasteiger partial charge in [0.15, 0.2) is 0 Å². The lowest BCUT2D eigenvalue weighted by Gasteiger charge is -2.19. The van der Waals surface area contributed by atoms with E-state index in [0.29, 0.717) is 12.3 Å². The molecule has 0 heterocycles. The Kier molecular flexibility index (Phi) is 15.0. The lowest BCUT2D eigenvalue weighted by atomic mass is 10.1. The average molecular weight is 300 g/mol. The van der Waals surface area contributed by atoms with Crippen molar-refractivity contribution < 1.29 is 5.21 Å². The zero-order valence-electron chi connectivity index (χ0n) is 14.3. The van der Waals surface area contributed by atoms with Crippen LogP contribution in [0.1, 0.15) is 84.5 Å². The van der Waals surface area contributed by atoms with Gasteiger partial charge < -0.3 is 15.8 Å². The minimum atomic E-state index is 0.330.